The van der Waals surface area contributed by atoms with Gasteiger partial charge in [0.05, 0.1) is 6.61 Å². The summed E-state index contributed by atoms with van der Waals surface area (Å²) in [4.78, 5) is 1.84. The molecule has 1 aliphatic rings. The second kappa shape index (κ2) is 6.15. The normalized spacial score (nSPS) is 20.2. The van der Waals surface area contributed by atoms with Crippen molar-refractivity contribution in [1.82, 2.24) is 13.9 Å². The second-order valence-corrected chi connectivity index (χ2v) is 5.66. The number of halogens is 3. The summed E-state index contributed by atoms with van der Waals surface area (Å²) in [7, 11) is -4.08. The Morgan fingerprint density at radius 3 is 2.17 bits per heavy atom. The van der Waals surface area contributed by atoms with Crippen LogP contribution in [0, 0.1) is 0 Å². The molecule has 1 fully saturated rings. The maximum Gasteiger partial charge on any atom is 0.402 e. The Morgan fingerprint density at radius 2 is 1.72 bits per heavy atom. The Labute approximate surface area is 104 Å². The first-order valence-electron chi connectivity index (χ1n) is 5.39. The second-order valence-electron chi connectivity index (χ2n) is 3.91. The van der Waals surface area contributed by atoms with Crippen LogP contribution >= 0.6 is 0 Å². The lowest BCUT2D eigenvalue weighted by atomic mass is 10.4. The highest BCUT2D eigenvalue weighted by atomic mass is 32.2. The van der Waals surface area contributed by atoms with E-state index < -0.39 is 22.9 Å². The predicted molar refractivity (Wildman–Crippen MR) is 58.1 cm³/mol. The molecule has 0 bridgehead atoms. The molecular formula is C8H16F3N3O3S. The maximum absolute atomic E-state index is 11.9. The van der Waals surface area contributed by atoms with Gasteiger partial charge in [0.2, 0.25) is 0 Å². The minimum atomic E-state index is -4.56. The molecule has 0 atom stereocenters. The summed E-state index contributed by atoms with van der Waals surface area (Å²) in [6, 6.07) is 0. The zero-order chi connectivity index (χ0) is 13.8. The van der Waals surface area contributed by atoms with Gasteiger partial charge >= 0.3 is 6.18 Å². The van der Waals surface area contributed by atoms with E-state index in [1.54, 1.807) is 0 Å². The first kappa shape index (κ1) is 15.6. The van der Waals surface area contributed by atoms with E-state index in [9.17, 15) is 21.6 Å². The van der Waals surface area contributed by atoms with Crippen molar-refractivity contribution in [3.8, 4) is 0 Å². The van der Waals surface area contributed by atoms with Crippen LogP contribution in [-0.2, 0) is 10.2 Å². The van der Waals surface area contributed by atoms with Crippen molar-refractivity contribution in [2.45, 2.75) is 6.18 Å². The van der Waals surface area contributed by atoms with Crippen LogP contribution in [0.5, 0.6) is 0 Å². The van der Waals surface area contributed by atoms with Crippen LogP contribution in [0.15, 0.2) is 0 Å². The first-order chi connectivity index (χ1) is 8.24. The highest BCUT2D eigenvalue weighted by Gasteiger charge is 2.33. The summed E-state index contributed by atoms with van der Waals surface area (Å²) in [6.45, 7) is -0.128. The standard InChI is InChI=1S/C8H16F3N3O3S/c9-8(10,11)7-12-18(16,17)14-3-1-13(2-4-14)5-6-15/h12,15H,1-7H2. The summed E-state index contributed by atoms with van der Waals surface area (Å²) in [5, 5.41) is 8.71. The van der Waals surface area contributed by atoms with Gasteiger partial charge in [0, 0.05) is 32.7 Å². The molecule has 0 aromatic rings. The van der Waals surface area contributed by atoms with Gasteiger partial charge in [-0.05, 0) is 0 Å². The van der Waals surface area contributed by atoms with E-state index in [-0.39, 0.29) is 19.7 Å². The van der Waals surface area contributed by atoms with Crippen LogP contribution < -0.4 is 4.72 Å². The average molecular weight is 291 g/mol. The number of alkyl halides is 3. The topological polar surface area (TPSA) is 72.9 Å². The highest BCUT2D eigenvalue weighted by molar-refractivity contribution is 7.87. The van der Waals surface area contributed by atoms with E-state index >= 15 is 0 Å². The van der Waals surface area contributed by atoms with Crippen molar-refractivity contribution < 1.29 is 26.7 Å². The summed E-state index contributed by atoms with van der Waals surface area (Å²) >= 11 is 0. The molecule has 0 aromatic heterocycles. The molecule has 18 heavy (non-hydrogen) atoms. The molecule has 10 heteroatoms. The van der Waals surface area contributed by atoms with E-state index in [1.165, 1.54) is 4.72 Å². The Bertz CT molecular complexity index is 352. The van der Waals surface area contributed by atoms with Crippen LogP contribution in [0.25, 0.3) is 0 Å². The predicted octanol–water partition coefficient (Wildman–Crippen LogP) is -1.01. The van der Waals surface area contributed by atoms with E-state index in [2.05, 4.69) is 0 Å². The van der Waals surface area contributed by atoms with Crippen molar-refractivity contribution in [3.63, 3.8) is 0 Å². The molecule has 0 aromatic carbocycles. The number of aliphatic hydroxyl groups is 1. The van der Waals surface area contributed by atoms with Gasteiger partial charge in [-0.1, -0.05) is 0 Å². The van der Waals surface area contributed by atoms with Crippen LogP contribution in [-0.4, -0.2) is 74.8 Å². The summed E-state index contributed by atoms with van der Waals surface area (Å²) < 4.78 is 61.4. The summed E-state index contributed by atoms with van der Waals surface area (Å²) in [5.41, 5.74) is 0. The Morgan fingerprint density at radius 1 is 1.17 bits per heavy atom. The molecule has 2 N–H and O–H groups in total. The smallest absolute Gasteiger partial charge is 0.395 e. The van der Waals surface area contributed by atoms with Gasteiger partial charge in [-0.3, -0.25) is 4.90 Å². The minimum Gasteiger partial charge on any atom is -0.395 e. The van der Waals surface area contributed by atoms with Gasteiger partial charge in [0.15, 0.2) is 0 Å². The molecule has 108 valence electrons. The number of hydrogen-bond acceptors (Lipinski definition) is 4. The molecule has 0 unspecified atom stereocenters. The van der Waals surface area contributed by atoms with Crippen molar-refractivity contribution in [3.05, 3.63) is 0 Å². The zero-order valence-corrected chi connectivity index (χ0v) is 10.5. The fourth-order valence-electron chi connectivity index (χ4n) is 1.60. The van der Waals surface area contributed by atoms with Gasteiger partial charge in [-0.15, -0.1) is 0 Å². The third-order valence-electron chi connectivity index (χ3n) is 2.54. The Balaban J connectivity index is 2.45. The number of rotatable bonds is 5. The molecule has 0 radical (unpaired) electrons. The van der Waals surface area contributed by atoms with Gasteiger partial charge in [-0.25, -0.2) is 0 Å². The summed E-state index contributed by atoms with van der Waals surface area (Å²) in [6.07, 6.45) is -4.56. The Hall–Kier alpha value is -0.420. The fraction of sp³-hybridized carbons (Fsp3) is 1.00. The van der Waals surface area contributed by atoms with Gasteiger partial charge in [0.1, 0.15) is 6.54 Å². The van der Waals surface area contributed by atoms with Crippen molar-refractivity contribution in [2.75, 3.05) is 45.9 Å². The molecule has 0 saturated carbocycles. The minimum absolute atomic E-state index is 0.0287. The number of β-amino-alcohol motifs (C(OH)–C–C–N with tert-alkyl or cyclic N) is 1. The molecular weight excluding hydrogens is 275 g/mol. The lowest BCUT2D eigenvalue weighted by Gasteiger charge is -2.33. The maximum atomic E-state index is 11.9. The van der Waals surface area contributed by atoms with Crippen molar-refractivity contribution in [1.29, 1.82) is 0 Å². The van der Waals surface area contributed by atoms with E-state index in [1.807, 2.05) is 4.90 Å². The van der Waals surface area contributed by atoms with E-state index in [4.69, 9.17) is 5.11 Å². The number of hydrogen-bond donors (Lipinski definition) is 2. The molecule has 1 aliphatic heterocycles. The molecule has 1 saturated heterocycles. The molecule has 1 rings (SSSR count). The lowest BCUT2D eigenvalue weighted by molar-refractivity contribution is -0.121. The monoisotopic (exact) mass is 291 g/mol. The largest absolute Gasteiger partial charge is 0.402 e. The fourth-order valence-corrected chi connectivity index (χ4v) is 2.77. The van der Waals surface area contributed by atoms with E-state index in [0.717, 1.165) is 4.31 Å². The van der Waals surface area contributed by atoms with Crippen molar-refractivity contribution in [2.24, 2.45) is 0 Å². The van der Waals surface area contributed by atoms with Crippen LogP contribution in [0.1, 0.15) is 0 Å². The van der Waals surface area contributed by atoms with Gasteiger partial charge in [-0.2, -0.15) is 30.6 Å². The van der Waals surface area contributed by atoms with E-state index in [0.29, 0.717) is 19.6 Å². The number of nitrogens with one attached hydrogen (secondary N) is 1. The summed E-state index contributed by atoms with van der Waals surface area (Å²) in [5.74, 6) is 0. The van der Waals surface area contributed by atoms with Crippen LogP contribution in [0.2, 0.25) is 0 Å². The van der Waals surface area contributed by atoms with Crippen molar-refractivity contribution >= 4 is 10.2 Å². The average Bonchev–Trinajstić information content (AvgIpc) is 2.27. The molecule has 1 heterocycles. The molecule has 0 spiro atoms. The SMILES string of the molecule is O=S(=O)(NCC(F)(F)F)N1CCN(CCO)CC1. The third kappa shape index (κ3) is 5.06. The third-order valence-corrected chi connectivity index (χ3v) is 4.10. The lowest BCUT2D eigenvalue weighted by Crippen LogP contribution is -2.53. The molecule has 0 aliphatic carbocycles. The quantitative estimate of drug-likeness (QED) is 0.681. The number of aliphatic hydroxyl groups excluding tert-OH is 1. The zero-order valence-electron chi connectivity index (χ0n) is 9.65. The highest BCUT2D eigenvalue weighted by Crippen LogP contribution is 2.14. The van der Waals surface area contributed by atoms with Crippen LogP contribution in [0.4, 0.5) is 13.2 Å². The van der Waals surface area contributed by atoms with Crippen LogP contribution in [0.3, 0.4) is 0 Å². The Kier molecular flexibility index (Phi) is 5.34. The number of piperazine rings is 1. The molecule has 0 amide bonds. The van der Waals surface area contributed by atoms with Gasteiger partial charge in [0.25, 0.3) is 10.2 Å². The molecule has 6 nitrogen and oxygen atoms in total. The van der Waals surface area contributed by atoms with Gasteiger partial charge < -0.3 is 5.11 Å². The number of nitrogens with zero attached hydrogens (tertiary/aromatic N) is 2. The first-order valence-corrected chi connectivity index (χ1v) is 6.83.